The van der Waals surface area contributed by atoms with Gasteiger partial charge in [-0.2, -0.15) is 17.5 Å². The summed E-state index contributed by atoms with van der Waals surface area (Å²) in [7, 11) is -3.57. The van der Waals surface area contributed by atoms with Crippen LogP contribution in [0, 0.1) is 5.92 Å². The highest BCUT2D eigenvalue weighted by atomic mass is 127. The van der Waals surface area contributed by atoms with Gasteiger partial charge < -0.3 is 10.6 Å². The van der Waals surface area contributed by atoms with Gasteiger partial charge in [0.1, 0.15) is 0 Å². The predicted molar refractivity (Wildman–Crippen MR) is 121 cm³/mol. The Hall–Kier alpha value is -0.730. The molecule has 29 heavy (non-hydrogen) atoms. The third-order valence-electron chi connectivity index (χ3n) is 4.39. The van der Waals surface area contributed by atoms with Crippen LogP contribution in [0.4, 0.5) is 13.2 Å². The maximum Gasteiger partial charge on any atom is 0.511 e. The Balaban J connectivity index is 0.00000420. The van der Waals surface area contributed by atoms with Gasteiger partial charge in [0, 0.05) is 43.9 Å². The van der Waals surface area contributed by atoms with Crippen LogP contribution in [0.15, 0.2) is 40.2 Å². The molecule has 0 bridgehead atoms. The number of rotatable bonds is 7. The van der Waals surface area contributed by atoms with Crippen LogP contribution >= 0.6 is 35.7 Å². The molecule has 1 aromatic carbocycles. The molecule has 2 N–H and O–H groups in total. The zero-order valence-electron chi connectivity index (χ0n) is 16.0. The van der Waals surface area contributed by atoms with Crippen LogP contribution in [0.1, 0.15) is 12.8 Å². The summed E-state index contributed by atoms with van der Waals surface area (Å²) in [6.07, 6.45) is 0.756. The first-order valence-electron chi connectivity index (χ1n) is 8.93. The minimum atomic E-state index is -5.23. The van der Waals surface area contributed by atoms with Gasteiger partial charge in [-0.15, -0.1) is 35.7 Å². The standard InChI is InChI=1S/C17H25F3N4O2S2.HI/c1-21-16(22-9-12-27-15-5-3-2-4-6-15)23-13-14-7-10-24(11-8-14)28(25,26)17(18,19)20;/h2-6,14H,7-13H2,1H3,(H2,21,22,23);1H. The summed E-state index contributed by atoms with van der Waals surface area (Å²) in [6, 6.07) is 10.0. The molecule has 1 heterocycles. The molecule has 12 heteroatoms. The number of nitrogens with zero attached hydrogens (tertiary/aromatic N) is 2. The molecule has 0 aromatic heterocycles. The first kappa shape index (κ1) is 26.3. The lowest BCUT2D eigenvalue weighted by Crippen LogP contribution is -2.47. The van der Waals surface area contributed by atoms with Crippen molar-refractivity contribution in [1.29, 1.82) is 0 Å². The lowest BCUT2D eigenvalue weighted by Gasteiger charge is -2.31. The Morgan fingerprint density at radius 2 is 1.83 bits per heavy atom. The van der Waals surface area contributed by atoms with Crippen LogP contribution in [0.25, 0.3) is 0 Å². The minimum absolute atomic E-state index is 0. The van der Waals surface area contributed by atoms with Crippen molar-refractivity contribution in [2.24, 2.45) is 10.9 Å². The average Bonchev–Trinajstić information content (AvgIpc) is 2.67. The van der Waals surface area contributed by atoms with Gasteiger partial charge in [-0.25, -0.2) is 8.42 Å². The molecule has 0 amide bonds. The van der Waals surface area contributed by atoms with E-state index in [1.54, 1.807) is 18.8 Å². The first-order valence-corrected chi connectivity index (χ1v) is 11.4. The number of nitrogens with one attached hydrogen (secondary N) is 2. The van der Waals surface area contributed by atoms with E-state index in [0.29, 0.717) is 36.2 Å². The number of guanidine groups is 1. The summed E-state index contributed by atoms with van der Waals surface area (Å²) in [5, 5.41) is 6.36. The lowest BCUT2D eigenvalue weighted by molar-refractivity contribution is -0.0496. The third-order valence-corrected chi connectivity index (χ3v) is 7.04. The van der Waals surface area contributed by atoms with E-state index in [2.05, 4.69) is 15.6 Å². The maximum absolute atomic E-state index is 12.6. The molecule has 2 rings (SSSR count). The number of alkyl halides is 3. The summed E-state index contributed by atoms with van der Waals surface area (Å²) < 4.78 is 61.2. The lowest BCUT2D eigenvalue weighted by atomic mass is 9.98. The van der Waals surface area contributed by atoms with E-state index < -0.39 is 15.5 Å². The number of piperidine rings is 1. The van der Waals surface area contributed by atoms with Crippen molar-refractivity contribution in [3.8, 4) is 0 Å². The maximum atomic E-state index is 12.6. The van der Waals surface area contributed by atoms with Crippen LogP contribution in [0.3, 0.4) is 0 Å². The summed E-state index contributed by atoms with van der Waals surface area (Å²) in [5.74, 6) is 1.58. The molecule has 0 saturated carbocycles. The number of halogens is 4. The van der Waals surface area contributed by atoms with E-state index in [9.17, 15) is 21.6 Å². The number of hydrogen-bond acceptors (Lipinski definition) is 4. The van der Waals surface area contributed by atoms with E-state index >= 15 is 0 Å². The smallest absolute Gasteiger partial charge is 0.356 e. The van der Waals surface area contributed by atoms with Gasteiger partial charge in [-0.1, -0.05) is 18.2 Å². The van der Waals surface area contributed by atoms with Crippen molar-refractivity contribution >= 4 is 51.7 Å². The fraction of sp³-hybridized carbons (Fsp3) is 0.588. The fourth-order valence-electron chi connectivity index (χ4n) is 2.82. The van der Waals surface area contributed by atoms with Crippen LogP contribution in [-0.2, 0) is 10.0 Å². The molecule has 0 aliphatic carbocycles. The molecule has 6 nitrogen and oxygen atoms in total. The molecule has 1 fully saturated rings. The summed E-state index contributed by atoms with van der Waals surface area (Å²) in [6.45, 7) is 1.01. The van der Waals surface area contributed by atoms with Crippen molar-refractivity contribution in [1.82, 2.24) is 14.9 Å². The van der Waals surface area contributed by atoms with E-state index in [4.69, 9.17) is 0 Å². The number of hydrogen-bond donors (Lipinski definition) is 2. The second-order valence-corrected chi connectivity index (χ2v) is 9.43. The van der Waals surface area contributed by atoms with Crippen LogP contribution in [0.5, 0.6) is 0 Å². The van der Waals surface area contributed by atoms with E-state index in [1.807, 2.05) is 30.3 Å². The Bertz CT molecular complexity index is 741. The van der Waals surface area contributed by atoms with Crippen LogP contribution in [0.2, 0.25) is 0 Å². The highest BCUT2D eigenvalue weighted by Crippen LogP contribution is 2.30. The quantitative estimate of drug-likeness (QED) is 0.175. The van der Waals surface area contributed by atoms with Gasteiger partial charge in [-0.3, -0.25) is 4.99 Å². The number of sulfonamides is 1. The van der Waals surface area contributed by atoms with E-state index in [0.717, 1.165) is 5.75 Å². The molecule has 1 aliphatic rings. The van der Waals surface area contributed by atoms with Crippen molar-refractivity contribution in [3.63, 3.8) is 0 Å². The molecule has 1 aliphatic heterocycles. The summed E-state index contributed by atoms with van der Waals surface area (Å²) in [5.41, 5.74) is -5.23. The Morgan fingerprint density at radius 3 is 2.38 bits per heavy atom. The topological polar surface area (TPSA) is 73.8 Å². The zero-order chi connectivity index (χ0) is 20.6. The first-order chi connectivity index (χ1) is 13.2. The minimum Gasteiger partial charge on any atom is -0.356 e. The van der Waals surface area contributed by atoms with E-state index in [-0.39, 0.29) is 43.0 Å². The molecule has 1 aromatic rings. The predicted octanol–water partition coefficient (Wildman–Crippen LogP) is 3.12. The van der Waals surface area contributed by atoms with Crippen LogP contribution in [-0.4, -0.2) is 63.2 Å². The van der Waals surface area contributed by atoms with Gasteiger partial charge in [0.2, 0.25) is 0 Å². The Morgan fingerprint density at radius 1 is 1.21 bits per heavy atom. The highest BCUT2D eigenvalue weighted by Gasteiger charge is 2.50. The third kappa shape index (κ3) is 8.13. The molecule has 0 unspecified atom stereocenters. The average molecular weight is 566 g/mol. The van der Waals surface area contributed by atoms with Gasteiger partial charge in [0.15, 0.2) is 5.96 Å². The van der Waals surface area contributed by atoms with E-state index in [1.165, 1.54) is 4.90 Å². The molecule has 166 valence electrons. The molecule has 0 spiro atoms. The number of benzene rings is 1. The van der Waals surface area contributed by atoms with Gasteiger partial charge in [0.05, 0.1) is 0 Å². The Labute approximate surface area is 191 Å². The van der Waals surface area contributed by atoms with Crippen molar-refractivity contribution < 1.29 is 21.6 Å². The number of aliphatic imine (C=N–C) groups is 1. The van der Waals surface area contributed by atoms with Gasteiger partial charge in [0.25, 0.3) is 0 Å². The monoisotopic (exact) mass is 566 g/mol. The zero-order valence-corrected chi connectivity index (χ0v) is 19.9. The SMILES string of the molecule is CN=C(NCCSc1ccccc1)NCC1CCN(S(=O)(=O)C(F)(F)F)CC1.I. The molecule has 0 radical (unpaired) electrons. The second kappa shape index (κ2) is 12.2. The van der Waals surface area contributed by atoms with Crippen molar-refractivity contribution in [2.45, 2.75) is 23.2 Å². The second-order valence-electron chi connectivity index (χ2n) is 6.33. The Kier molecular flexibility index (Phi) is 11.1. The van der Waals surface area contributed by atoms with Gasteiger partial charge in [-0.05, 0) is 30.9 Å². The van der Waals surface area contributed by atoms with Crippen molar-refractivity contribution in [3.05, 3.63) is 30.3 Å². The molecular weight excluding hydrogens is 540 g/mol. The van der Waals surface area contributed by atoms with Crippen molar-refractivity contribution in [2.75, 3.05) is 39.0 Å². The molecule has 0 atom stereocenters. The highest BCUT2D eigenvalue weighted by molar-refractivity contribution is 14.0. The molecule has 1 saturated heterocycles. The van der Waals surface area contributed by atoms with Crippen LogP contribution < -0.4 is 10.6 Å². The largest absolute Gasteiger partial charge is 0.511 e. The molecular formula is C17H26F3IN4O2S2. The summed E-state index contributed by atoms with van der Waals surface area (Å²) in [4.78, 5) is 5.32. The normalized spacial score (nSPS) is 16.9. The summed E-state index contributed by atoms with van der Waals surface area (Å²) >= 11 is 1.72. The fourth-order valence-corrected chi connectivity index (χ4v) is 4.59. The van der Waals surface area contributed by atoms with Gasteiger partial charge >= 0.3 is 15.5 Å². The number of thioether (sulfide) groups is 1.